The average molecular weight is 329 g/mol. The molecule has 0 atom stereocenters. The Bertz CT molecular complexity index is 373. The Hall–Kier alpha value is -0.430. The number of halogens is 3. The summed E-state index contributed by atoms with van der Waals surface area (Å²) >= 11 is 7.30. The van der Waals surface area contributed by atoms with Crippen LogP contribution in [0, 0.1) is 9.39 Å². The van der Waals surface area contributed by atoms with Gasteiger partial charge in [0.1, 0.15) is 0 Å². The molecule has 0 aromatic carbocycles. The van der Waals surface area contributed by atoms with Crippen LogP contribution in [0.15, 0.2) is 6.20 Å². The maximum Gasteiger partial charge on any atom is 0.255 e. The van der Waals surface area contributed by atoms with E-state index in [1.165, 1.54) is 6.20 Å². The zero-order chi connectivity index (χ0) is 10.7. The highest BCUT2D eigenvalue weighted by Gasteiger charge is 2.18. The second kappa shape index (κ2) is 4.88. The Morgan fingerprint density at radius 1 is 1.79 bits per heavy atom. The van der Waals surface area contributed by atoms with E-state index in [9.17, 15) is 9.18 Å². The summed E-state index contributed by atoms with van der Waals surface area (Å²) in [7, 11) is 0. The second-order valence-electron chi connectivity index (χ2n) is 2.45. The molecule has 0 bridgehead atoms. The number of amides is 1. The van der Waals surface area contributed by atoms with E-state index in [0.717, 1.165) is 0 Å². The van der Waals surface area contributed by atoms with Gasteiger partial charge in [0.25, 0.3) is 5.91 Å². The minimum absolute atomic E-state index is 0.0487. The lowest BCUT2D eigenvalue weighted by atomic mass is 10.2. The predicted octanol–water partition coefficient (Wildman–Crippen LogP) is 2.23. The van der Waals surface area contributed by atoms with Gasteiger partial charge in [-0.05, 0) is 29.5 Å². The summed E-state index contributed by atoms with van der Waals surface area (Å²) in [5, 5.41) is 2.22. The van der Waals surface area contributed by atoms with Gasteiger partial charge in [-0.2, -0.15) is 0 Å². The molecule has 0 aliphatic rings. The standard InChI is InChI=1S/C8H7ClFIN2O/c1-2-12-8(14)5-4(11)3-13-7(9)6(5)10/h3H,2H2,1H3,(H,12,14). The van der Waals surface area contributed by atoms with E-state index in [2.05, 4.69) is 10.3 Å². The van der Waals surface area contributed by atoms with Crippen molar-refractivity contribution in [2.24, 2.45) is 0 Å². The third-order valence-corrected chi connectivity index (χ3v) is 2.58. The van der Waals surface area contributed by atoms with E-state index >= 15 is 0 Å². The maximum atomic E-state index is 13.4. The van der Waals surface area contributed by atoms with Gasteiger partial charge in [0.15, 0.2) is 11.0 Å². The molecule has 3 nitrogen and oxygen atoms in total. The van der Waals surface area contributed by atoms with Crippen molar-refractivity contribution in [2.75, 3.05) is 6.54 Å². The van der Waals surface area contributed by atoms with Crippen LogP contribution in [-0.2, 0) is 0 Å². The van der Waals surface area contributed by atoms with Crippen molar-refractivity contribution >= 4 is 40.1 Å². The zero-order valence-corrected chi connectivity index (χ0v) is 10.2. The number of nitrogens with zero attached hydrogens (tertiary/aromatic N) is 1. The van der Waals surface area contributed by atoms with Gasteiger partial charge in [-0.1, -0.05) is 11.6 Å². The van der Waals surface area contributed by atoms with Crippen molar-refractivity contribution in [3.63, 3.8) is 0 Å². The van der Waals surface area contributed by atoms with Crippen molar-refractivity contribution in [3.8, 4) is 0 Å². The summed E-state index contributed by atoms with van der Waals surface area (Å²) in [5.41, 5.74) is -0.0487. The van der Waals surface area contributed by atoms with Crippen LogP contribution in [0.4, 0.5) is 4.39 Å². The molecule has 6 heteroatoms. The Labute approximate surface area is 99.2 Å². The SMILES string of the molecule is CCNC(=O)c1c(I)cnc(Cl)c1F. The molecule has 14 heavy (non-hydrogen) atoms. The fourth-order valence-electron chi connectivity index (χ4n) is 0.900. The quantitative estimate of drug-likeness (QED) is 0.668. The molecular formula is C8H7ClFIN2O. The average Bonchev–Trinajstić information content (AvgIpc) is 2.13. The number of rotatable bonds is 2. The smallest absolute Gasteiger partial charge is 0.255 e. The minimum Gasteiger partial charge on any atom is -0.352 e. The molecule has 0 radical (unpaired) electrons. The monoisotopic (exact) mass is 328 g/mol. The summed E-state index contributed by atoms with van der Waals surface area (Å²) in [6.45, 7) is 2.19. The van der Waals surface area contributed by atoms with Gasteiger partial charge in [-0.15, -0.1) is 0 Å². The van der Waals surface area contributed by atoms with E-state index in [4.69, 9.17) is 11.6 Å². The number of pyridine rings is 1. The van der Waals surface area contributed by atoms with E-state index in [1.807, 2.05) is 22.6 Å². The van der Waals surface area contributed by atoms with Crippen LogP contribution >= 0.6 is 34.2 Å². The van der Waals surface area contributed by atoms with Crippen LogP contribution in [0.5, 0.6) is 0 Å². The minimum atomic E-state index is -0.774. The zero-order valence-electron chi connectivity index (χ0n) is 7.27. The first-order chi connectivity index (χ1) is 6.57. The van der Waals surface area contributed by atoms with Gasteiger partial charge in [0.2, 0.25) is 0 Å². The molecule has 1 aromatic heterocycles. The largest absolute Gasteiger partial charge is 0.352 e. The molecule has 0 aliphatic heterocycles. The molecule has 76 valence electrons. The first-order valence-corrected chi connectivity index (χ1v) is 5.31. The normalized spacial score (nSPS) is 10.0. The van der Waals surface area contributed by atoms with Gasteiger partial charge in [0, 0.05) is 16.3 Å². The van der Waals surface area contributed by atoms with Crippen LogP contribution in [0.2, 0.25) is 5.15 Å². The van der Waals surface area contributed by atoms with E-state index in [0.29, 0.717) is 10.1 Å². The number of hydrogen-bond acceptors (Lipinski definition) is 2. The van der Waals surface area contributed by atoms with Gasteiger partial charge < -0.3 is 5.32 Å². The summed E-state index contributed by atoms with van der Waals surface area (Å²) in [6.07, 6.45) is 1.36. The molecule has 0 fully saturated rings. The molecule has 1 rings (SSSR count). The van der Waals surface area contributed by atoms with Crippen molar-refractivity contribution in [2.45, 2.75) is 6.92 Å². The fraction of sp³-hybridized carbons (Fsp3) is 0.250. The van der Waals surface area contributed by atoms with E-state index < -0.39 is 11.7 Å². The lowest BCUT2D eigenvalue weighted by Crippen LogP contribution is -2.25. The Morgan fingerprint density at radius 3 is 3.00 bits per heavy atom. The van der Waals surface area contributed by atoms with Crippen LogP contribution in [-0.4, -0.2) is 17.4 Å². The third kappa shape index (κ3) is 2.33. The van der Waals surface area contributed by atoms with E-state index in [1.54, 1.807) is 6.92 Å². The summed E-state index contributed by atoms with van der Waals surface area (Å²) in [5.74, 6) is -1.25. The van der Waals surface area contributed by atoms with Gasteiger partial charge >= 0.3 is 0 Å². The fourth-order valence-corrected chi connectivity index (χ4v) is 1.66. The maximum absolute atomic E-state index is 13.4. The van der Waals surface area contributed by atoms with Crippen molar-refractivity contribution < 1.29 is 9.18 Å². The molecule has 0 saturated heterocycles. The molecule has 1 N–H and O–H groups in total. The number of aromatic nitrogens is 1. The Kier molecular flexibility index (Phi) is 4.06. The molecule has 1 heterocycles. The van der Waals surface area contributed by atoms with Gasteiger partial charge in [-0.25, -0.2) is 9.37 Å². The highest BCUT2D eigenvalue weighted by molar-refractivity contribution is 14.1. The van der Waals surface area contributed by atoms with Gasteiger partial charge in [0.05, 0.1) is 5.56 Å². The summed E-state index contributed by atoms with van der Waals surface area (Å²) < 4.78 is 13.8. The van der Waals surface area contributed by atoms with Crippen molar-refractivity contribution in [3.05, 3.63) is 26.3 Å². The lowest BCUT2D eigenvalue weighted by molar-refractivity contribution is 0.0950. The topological polar surface area (TPSA) is 42.0 Å². The number of nitrogens with one attached hydrogen (secondary N) is 1. The first-order valence-electron chi connectivity index (χ1n) is 3.85. The predicted molar refractivity (Wildman–Crippen MR) is 59.9 cm³/mol. The highest BCUT2D eigenvalue weighted by atomic mass is 127. The van der Waals surface area contributed by atoms with Crippen molar-refractivity contribution in [1.82, 2.24) is 10.3 Å². The Morgan fingerprint density at radius 2 is 2.43 bits per heavy atom. The van der Waals surface area contributed by atoms with Crippen LogP contribution in [0.3, 0.4) is 0 Å². The number of carbonyl (C=O) groups is 1. The Balaban J connectivity index is 3.18. The molecule has 0 aliphatic carbocycles. The highest BCUT2D eigenvalue weighted by Crippen LogP contribution is 2.20. The first kappa shape index (κ1) is 11.6. The molecule has 0 spiro atoms. The number of carbonyl (C=O) groups excluding carboxylic acids is 1. The molecule has 1 aromatic rings. The van der Waals surface area contributed by atoms with Crippen molar-refractivity contribution in [1.29, 1.82) is 0 Å². The van der Waals surface area contributed by atoms with Crippen LogP contribution in [0.25, 0.3) is 0 Å². The lowest BCUT2D eigenvalue weighted by Gasteiger charge is -2.06. The molecule has 0 unspecified atom stereocenters. The van der Waals surface area contributed by atoms with Gasteiger partial charge in [-0.3, -0.25) is 4.79 Å². The summed E-state index contributed by atoms with van der Waals surface area (Å²) in [4.78, 5) is 15.0. The third-order valence-electron chi connectivity index (χ3n) is 1.50. The number of hydrogen-bond donors (Lipinski definition) is 1. The molecule has 1 amide bonds. The summed E-state index contributed by atoms with van der Waals surface area (Å²) in [6, 6.07) is 0. The van der Waals surface area contributed by atoms with E-state index in [-0.39, 0.29) is 10.7 Å². The van der Waals surface area contributed by atoms with Crippen LogP contribution in [0.1, 0.15) is 17.3 Å². The van der Waals surface area contributed by atoms with Crippen LogP contribution < -0.4 is 5.32 Å². The molecular weight excluding hydrogens is 321 g/mol. The molecule has 0 saturated carbocycles. The second-order valence-corrected chi connectivity index (χ2v) is 3.97.